The summed E-state index contributed by atoms with van der Waals surface area (Å²) in [4.78, 5) is 11.5. The summed E-state index contributed by atoms with van der Waals surface area (Å²) in [5.41, 5.74) is 0.0404. The third-order valence-corrected chi connectivity index (χ3v) is 8.25. The molecular weight excluding hydrogens is 580 g/mol. The van der Waals surface area contributed by atoms with Crippen molar-refractivity contribution < 1.29 is 64.2 Å². The van der Waals surface area contributed by atoms with Crippen molar-refractivity contribution in [2.24, 2.45) is 0 Å². The van der Waals surface area contributed by atoms with Crippen molar-refractivity contribution in [2.45, 2.75) is 73.8 Å². The van der Waals surface area contributed by atoms with Gasteiger partial charge in [0.2, 0.25) is 5.79 Å². The highest BCUT2D eigenvalue weighted by Crippen LogP contribution is 2.51. The Hall–Kier alpha value is -2.40. The smallest absolute Gasteiger partial charge is 0.335 e. The quantitative estimate of drug-likeness (QED) is 0.187. The van der Waals surface area contributed by atoms with Crippen LogP contribution in [0.3, 0.4) is 0 Å². The topological polar surface area (TPSA) is 205 Å². The number of hydrogen-bond acceptors (Lipinski definition) is 12. The number of aliphatic hydroxyl groups is 6. The molecule has 7 N–H and O–H groups in total. The highest BCUT2D eigenvalue weighted by atomic mass is 35.5. The summed E-state index contributed by atoms with van der Waals surface area (Å²) in [5.74, 6) is -2.91. The van der Waals surface area contributed by atoms with E-state index in [0.717, 1.165) is 5.56 Å². The maximum Gasteiger partial charge on any atom is 0.335 e. The molecule has 230 valence electrons. The first-order valence-electron chi connectivity index (χ1n) is 13.4. The lowest BCUT2D eigenvalue weighted by molar-refractivity contribution is -0.372. The first-order valence-corrected chi connectivity index (χ1v) is 13.7. The monoisotopic (exact) mass is 612 g/mol. The van der Waals surface area contributed by atoms with Crippen LogP contribution in [0.5, 0.6) is 5.75 Å². The molecule has 0 spiro atoms. The highest BCUT2D eigenvalue weighted by Gasteiger charge is 2.68. The number of hydrogen-bond donors (Lipinski definition) is 7. The Morgan fingerprint density at radius 1 is 1.02 bits per heavy atom. The Labute approximate surface area is 245 Å². The maximum absolute atomic E-state index is 11.6. The molecule has 13 nitrogen and oxygen atoms in total. The standard InChI is InChI=1S/C28H33ClO13/c1-2-38-16-6-3-13(4-7-16)9-14-10-15(5-8-17(14)29)28-24(35)22(23(34)27(11-30,42-28)12-39-28)41-26-20(33)18(31)19(32)21(40-26)25(36)37/h3-8,10,18-24,26,30-35H,2,9,11-12H2,1H3,(H,36,37)/t18-,19-,20+,21-,22?,23-,24+,26-,27-,28-/m0/s1. The van der Waals surface area contributed by atoms with E-state index in [1.54, 1.807) is 18.2 Å². The Kier molecular flexibility index (Phi) is 8.83. The van der Waals surface area contributed by atoms with Crippen LogP contribution in [0.1, 0.15) is 23.6 Å². The molecular formula is C28H33ClO13. The second-order valence-corrected chi connectivity index (χ2v) is 11.0. The van der Waals surface area contributed by atoms with Crippen molar-refractivity contribution in [2.75, 3.05) is 19.8 Å². The molecule has 0 aromatic heterocycles. The van der Waals surface area contributed by atoms with Gasteiger partial charge in [-0.1, -0.05) is 29.8 Å². The van der Waals surface area contributed by atoms with Crippen LogP contribution >= 0.6 is 11.6 Å². The third-order valence-electron chi connectivity index (χ3n) is 7.89. The van der Waals surface area contributed by atoms with Crippen LogP contribution in [-0.4, -0.2) is 116 Å². The van der Waals surface area contributed by atoms with E-state index in [0.29, 0.717) is 29.4 Å². The molecule has 3 aliphatic rings. The van der Waals surface area contributed by atoms with Gasteiger partial charge in [-0.15, -0.1) is 0 Å². The minimum absolute atomic E-state index is 0.278. The third kappa shape index (κ3) is 5.29. The van der Waals surface area contributed by atoms with E-state index in [1.807, 2.05) is 31.2 Å². The number of aliphatic hydroxyl groups excluding tert-OH is 6. The minimum Gasteiger partial charge on any atom is -0.494 e. The molecule has 0 aliphatic carbocycles. The Morgan fingerprint density at radius 2 is 1.74 bits per heavy atom. The predicted molar refractivity (Wildman–Crippen MR) is 142 cm³/mol. The van der Waals surface area contributed by atoms with Gasteiger partial charge in [-0.3, -0.25) is 0 Å². The second-order valence-electron chi connectivity index (χ2n) is 10.6. The summed E-state index contributed by atoms with van der Waals surface area (Å²) in [6.07, 6.45) is -14.7. The largest absolute Gasteiger partial charge is 0.494 e. The van der Waals surface area contributed by atoms with Crippen molar-refractivity contribution in [3.63, 3.8) is 0 Å². The number of fused-ring (bicyclic) bond motifs is 2. The van der Waals surface area contributed by atoms with Crippen LogP contribution in [-0.2, 0) is 35.9 Å². The van der Waals surface area contributed by atoms with E-state index in [9.17, 15) is 40.5 Å². The van der Waals surface area contributed by atoms with Crippen LogP contribution in [0.15, 0.2) is 42.5 Å². The maximum atomic E-state index is 11.6. The SMILES string of the molecule is CCOc1ccc(Cc2cc([C@]34OC[C@](CO)(O3)[C@@H](O)C(O[C@@H]3O[C@H](C(=O)O)[C@@H](O)[C@H](O)[C@H]3O)[C@H]4O)ccc2Cl)cc1. The Morgan fingerprint density at radius 3 is 2.38 bits per heavy atom. The van der Waals surface area contributed by atoms with Crippen LogP contribution < -0.4 is 4.74 Å². The molecule has 14 heteroatoms. The summed E-state index contributed by atoms with van der Waals surface area (Å²) >= 11 is 6.51. The van der Waals surface area contributed by atoms with Crippen molar-refractivity contribution >= 4 is 17.6 Å². The predicted octanol–water partition coefficient (Wildman–Crippen LogP) is -0.727. The van der Waals surface area contributed by atoms with E-state index in [-0.39, 0.29) is 12.2 Å². The molecule has 0 radical (unpaired) electrons. The van der Waals surface area contributed by atoms with Gasteiger partial charge in [0.1, 0.15) is 48.0 Å². The van der Waals surface area contributed by atoms with E-state index in [4.69, 9.17) is 35.3 Å². The summed E-state index contributed by atoms with van der Waals surface area (Å²) in [6.45, 7) is 1.28. The number of carbonyl (C=O) groups is 1. The molecule has 10 atom stereocenters. The fraction of sp³-hybridized carbons (Fsp3) is 0.536. The molecule has 0 saturated carbocycles. The average molecular weight is 613 g/mol. The molecule has 2 bridgehead atoms. The first kappa shape index (κ1) is 31.0. The minimum atomic E-state index is -1.99. The number of ether oxygens (including phenoxy) is 5. The van der Waals surface area contributed by atoms with E-state index in [1.165, 1.54) is 0 Å². The zero-order valence-corrected chi connectivity index (χ0v) is 23.2. The molecule has 2 aromatic carbocycles. The van der Waals surface area contributed by atoms with Crippen LogP contribution in [0, 0.1) is 0 Å². The van der Waals surface area contributed by atoms with Crippen molar-refractivity contribution in [3.8, 4) is 5.75 Å². The van der Waals surface area contributed by atoms with Gasteiger partial charge in [-0.25, -0.2) is 4.79 Å². The molecule has 1 unspecified atom stereocenters. The molecule has 2 aromatic rings. The molecule has 3 heterocycles. The van der Waals surface area contributed by atoms with Crippen molar-refractivity contribution in [1.82, 2.24) is 0 Å². The zero-order valence-electron chi connectivity index (χ0n) is 22.4. The fourth-order valence-corrected chi connectivity index (χ4v) is 5.72. The lowest BCUT2D eigenvalue weighted by Crippen LogP contribution is -2.68. The van der Waals surface area contributed by atoms with Crippen LogP contribution in [0.25, 0.3) is 0 Å². The van der Waals surface area contributed by atoms with Crippen LogP contribution in [0.4, 0.5) is 0 Å². The van der Waals surface area contributed by atoms with Gasteiger partial charge in [0.25, 0.3) is 0 Å². The van der Waals surface area contributed by atoms with Gasteiger partial charge >= 0.3 is 5.97 Å². The molecule has 5 rings (SSSR count). The number of carboxylic acids is 1. The molecule has 0 amide bonds. The highest BCUT2D eigenvalue weighted by molar-refractivity contribution is 6.31. The van der Waals surface area contributed by atoms with Gasteiger partial charge in [-0.05, 0) is 48.7 Å². The second kappa shape index (κ2) is 11.9. The van der Waals surface area contributed by atoms with E-state index in [2.05, 4.69) is 0 Å². The molecule has 3 fully saturated rings. The summed E-state index contributed by atoms with van der Waals surface area (Å²) in [7, 11) is 0. The van der Waals surface area contributed by atoms with Gasteiger partial charge in [-0.2, -0.15) is 0 Å². The Balaban J connectivity index is 1.46. The molecule has 3 aliphatic heterocycles. The fourth-order valence-electron chi connectivity index (χ4n) is 5.54. The van der Waals surface area contributed by atoms with Gasteiger partial charge < -0.3 is 59.4 Å². The van der Waals surface area contributed by atoms with Crippen LogP contribution in [0.2, 0.25) is 5.02 Å². The zero-order chi connectivity index (χ0) is 30.4. The number of aliphatic carboxylic acids is 1. The normalized spacial score (nSPS) is 37.9. The number of rotatable bonds is 9. The lowest BCUT2D eigenvalue weighted by atomic mass is 9.83. The number of halogens is 1. The number of benzene rings is 2. The van der Waals surface area contributed by atoms with Crippen molar-refractivity contribution in [3.05, 3.63) is 64.2 Å². The van der Waals surface area contributed by atoms with E-state index < -0.39 is 73.0 Å². The number of carboxylic acid groups (broad SMARTS) is 1. The van der Waals surface area contributed by atoms with E-state index >= 15 is 0 Å². The van der Waals surface area contributed by atoms with Gasteiger partial charge in [0.15, 0.2) is 12.4 Å². The lowest BCUT2D eigenvalue weighted by Gasteiger charge is -2.49. The average Bonchev–Trinajstić information content (AvgIpc) is 3.36. The van der Waals surface area contributed by atoms with Gasteiger partial charge in [0, 0.05) is 10.6 Å². The van der Waals surface area contributed by atoms with Gasteiger partial charge in [0.05, 0.1) is 19.8 Å². The summed E-state index contributed by atoms with van der Waals surface area (Å²) in [6, 6.07) is 12.2. The summed E-state index contributed by atoms with van der Waals surface area (Å²) < 4.78 is 28.4. The summed E-state index contributed by atoms with van der Waals surface area (Å²) in [5, 5.41) is 73.4. The van der Waals surface area contributed by atoms with Crippen molar-refractivity contribution in [1.29, 1.82) is 0 Å². The first-order chi connectivity index (χ1) is 20.0. The Bertz CT molecular complexity index is 1280. The molecule has 42 heavy (non-hydrogen) atoms. The molecule has 3 saturated heterocycles.